The fraction of sp³-hybridized carbons (Fsp3) is 0.0714. The molecular formula is C42H29N5S. The second kappa shape index (κ2) is 11.7. The van der Waals surface area contributed by atoms with Gasteiger partial charge in [0.05, 0.1) is 16.1 Å². The van der Waals surface area contributed by atoms with Gasteiger partial charge in [-0.05, 0) is 41.1 Å². The molecule has 6 heteroatoms. The average Bonchev–Trinajstić information content (AvgIpc) is 3.53. The third-order valence-corrected chi connectivity index (χ3v) is 10.1. The van der Waals surface area contributed by atoms with Crippen molar-refractivity contribution < 1.29 is 0 Å². The molecule has 0 saturated heterocycles. The molecule has 0 aliphatic heterocycles. The predicted octanol–water partition coefficient (Wildman–Crippen LogP) is 8.97. The average molecular weight is 636 g/mol. The lowest BCUT2D eigenvalue weighted by molar-refractivity contribution is 0.804. The number of aromatic nitrogens is 5. The van der Waals surface area contributed by atoms with Crippen LogP contribution in [0.25, 0.3) is 89.8 Å². The Hall–Kier alpha value is -5.85. The molecule has 1 aliphatic carbocycles. The van der Waals surface area contributed by atoms with Crippen molar-refractivity contribution >= 4 is 44.3 Å². The Labute approximate surface area is 281 Å². The molecule has 4 aromatic heterocycles. The SMILES string of the molecule is CC1C=c2sc3c(-c4nc(-c5cccc(-c6nc(-c7ccccc7)nc(-c7ccccc7)n6)c5)cc5ccccc45)nccc3c2=CC1. The van der Waals surface area contributed by atoms with Crippen molar-refractivity contribution in [3.05, 3.63) is 137 Å². The van der Waals surface area contributed by atoms with Gasteiger partial charge in [-0.15, -0.1) is 11.3 Å². The fourth-order valence-corrected chi connectivity index (χ4v) is 7.83. The first-order chi connectivity index (χ1) is 23.7. The molecule has 4 heterocycles. The van der Waals surface area contributed by atoms with Crippen LogP contribution in [0.2, 0.25) is 0 Å². The number of hydrogen-bond acceptors (Lipinski definition) is 6. The van der Waals surface area contributed by atoms with Crippen molar-refractivity contribution in [1.29, 1.82) is 0 Å². The summed E-state index contributed by atoms with van der Waals surface area (Å²) in [6.07, 6.45) is 7.76. The Bertz CT molecular complexity index is 2550. The number of rotatable bonds is 5. The zero-order valence-corrected chi connectivity index (χ0v) is 27.0. The minimum atomic E-state index is 0.536. The van der Waals surface area contributed by atoms with Crippen LogP contribution in [-0.2, 0) is 0 Å². The summed E-state index contributed by atoms with van der Waals surface area (Å²) in [4.78, 5) is 25.1. The summed E-state index contributed by atoms with van der Waals surface area (Å²) in [6, 6.07) is 41.2. The highest BCUT2D eigenvalue weighted by Gasteiger charge is 2.18. The highest BCUT2D eigenvalue weighted by Crippen LogP contribution is 2.35. The van der Waals surface area contributed by atoms with Gasteiger partial charge >= 0.3 is 0 Å². The lowest BCUT2D eigenvalue weighted by Crippen LogP contribution is -2.23. The third-order valence-electron chi connectivity index (χ3n) is 8.88. The minimum Gasteiger partial charge on any atom is -0.253 e. The van der Waals surface area contributed by atoms with E-state index in [1.165, 1.54) is 19.8 Å². The zero-order valence-electron chi connectivity index (χ0n) is 26.2. The van der Waals surface area contributed by atoms with E-state index in [0.29, 0.717) is 23.4 Å². The van der Waals surface area contributed by atoms with E-state index in [9.17, 15) is 0 Å². The third kappa shape index (κ3) is 5.07. The first-order valence-electron chi connectivity index (χ1n) is 16.2. The van der Waals surface area contributed by atoms with Gasteiger partial charge in [0.25, 0.3) is 0 Å². The van der Waals surface area contributed by atoms with Crippen LogP contribution < -0.4 is 9.75 Å². The Morgan fingerprint density at radius 1 is 0.583 bits per heavy atom. The molecular weight excluding hydrogens is 607 g/mol. The molecule has 1 unspecified atom stereocenters. The van der Waals surface area contributed by atoms with E-state index in [1.807, 2.05) is 78.2 Å². The zero-order chi connectivity index (χ0) is 32.0. The van der Waals surface area contributed by atoms with Crippen LogP contribution in [0.3, 0.4) is 0 Å². The second-order valence-corrected chi connectivity index (χ2v) is 13.2. The van der Waals surface area contributed by atoms with Crippen molar-refractivity contribution in [1.82, 2.24) is 24.9 Å². The van der Waals surface area contributed by atoms with Gasteiger partial charge < -0.3 is 0 Å². The normalized spacial score (nSPS) is 14.0. The van der Waals surface area contributed by atoms with Crippen molar-refractivity contribution in [2.75, 3.05) is 0 Å². The molecule has 48 heavy (non-hydrogen) atoms. The van der Waals surface area contributed by atoms with Crippen molar-refractivity contribution in [3.63, 3.8) is 0 Å². The maximum atomic E-state index is 5.35. The number of benzene rings is 4. The smallest absolute Gasteiger partial charge is 0.164 e. The van der Waals surface area contributed by atoms with Crippen molar-refractivity contribution in [3.8, 4) is 56.8 Å². The maximum absolute atomic E-state index is 5.35. The molecule has 0 spiro atoms. The van der Waals surface area contributed by atoms with Crippen LogP contribution in [0.5, 0.6) is 0 Å². The Kier molecular flexibility index (Phi) is 6.94. The van der Waals surface area contributed by atoms with E-state index in [1.54, 1.807) is 0 Å². The Morgan fingerprint density at radius 3 is 1.98 bits per heavy atom. The van der Waals surface area contributed by atoms with Crippen LogP contribution in [0.4, 0.5) is 0 Å². The Balaban J connectivity index is 1.21. The van der Waals surface area contributed by atoms with Gasteiger partial charge in [0, 0.05) is 43.8 Å². The maximum Gasteiger partial charge on any atom is 0.164 e. The molecule has 228 valence electrons. The molecule has 1 atom stereocenters. The first kappa shape index (κ1) is 28.4. The topological polar surface area (TPSA) is 64.5 Å². The van der Waals surface area contributed by atoms with Crippen LogP contribution >= 0.6 is 11.3 Å². The summed E-state index contributed by atoms with van der Waals surface area (Å²) in [5.41, 5.74) is 6.45. The van der Waals surface area contributed by atoms with E-state index in [-0.39, 0.29) is 0 Å². The van der Waals surface area contributed by atoms with Crippen LogP contribution in [-0.4, -0.2) is 24.9 Å². The van der Waals surface area contributed by atoms with Crippen LogP contribution in [0.15, 0.2) is 128 Å². The molecule has 4 aromatic carbocycles. The van der Waals surface area contributed by atoms with Crippen LogP contribution in [0.1, 0.15) is 13.3 Å². The van der Waals surface area contributed by atoms with E-state index < -0.39 is 0 Å². The second-order valence-electron chi connectivity index (χ2n) is 12.2. The summed E-state index contributed by atoms with van der Waals surface area (Å²) < 4.78 is 2.51. The highest BCUT2D eigenvalue weighted by molar-refractivity contribution is 7.17. The molecule has 9 rings (SSSR count). The summed E-state index contributed by atoms with van der Waals surface area (Å²) in [5, 5.41) is 4.78. The number of thiophene rings is 1. The van der Waals surface area contributed by atoms with Gasteiger partial charge in [0.1, 0.15) is 5.69 Å². The number of fused-ring (bicyclic) bond motifs is 4. The van der Waals surface area contributed by atoms with Gasteiger partial charge in [0.15, 0.2) is 17.5 Å². The van der Waals surface area contributed by atoms with E-state index in [0.717, 1.165) is 56.5 Å². The molecule has 5 nitrogen and oxygen atoms in total. The molecule has 0 bridgehead atoms. The molecule has 0 amide bonds. The molecule has 8 aromatic rings. The first-order valence-corrected chi connectivity index (χ1v) is 17.0. The van der Waals surface area contributed by atoms with Crippen molar-refractivity contribution in [2.45, 2.75) is 13.3 Å². The van der Waals surface area contributed by atoms with Crippen LogP contribution in [0, 0.1) is 5.92 Å². The predicted molar refractivity (Wildman–Crippen MR) is 197 cm³/mol. The summed E-state index contributed by atoms with van der Waals surface area (Å²) in [5.74, 6) is 2.42. The highest BCUT2D eigenvalue weighted by atomic mass is 32.1. The lowest BCUT2D eigenvalue weighted by Gasteiger charge is -2.12. The van der Waals surface area contributed by atoms with Gasteiger partial charge in [-0.2, -0.15) is 0 Å². The summed E-state index contributed by atoms with van der Waals surface area (Å²) in [7, 11) is 0. The number of hydrogen-bond donors (Lipinski definition) is 0. The molecule has 1 aliphatic rings. The molecule has 0 saturated carbocycles. The summed E-state index contributed by atoms with van der Waals surface area (Å²) >= 11 is 1.82. The van der Waals surface area contributed by atoms with Gasteiger partial charge in [-0.1, -0.05) is 122 Å². The monoisotopic (exact) mass is 635 g/mol. The van der Waals surface area contributed by atoms with E-state index >= 15 is 0 Å². The fourth-order valence-electron chi connectivity index (χ4n) is 6.48. The van der Waals surface area contributed by atoms with E-state index in [2.05, 4.69) is 79.7 Å². The standard InChI is InChI=1S/C42H29N5S/c1-26-19-20-33-34-21-22-43-38(39(34)48-36(33)23-26)37-32-18-9-8-15-29(32)25-35(44-37)30-16-10-17-31(24-30)42-46-40(27-11-4-2-5-12-27)45-41(47-42)28-13-6-3-7-14-28/h2-18,20-26H,19H2,1H3. The quantitative estimate of drug-likeness (QED) is 0.189. The lowest BCUT2D eigenvalue weighted by atomic mass is 10.0. The Morgan fingerprint density at radius 2 is 1.23 bits per heavy atom. The summed E-state index contributed by atoms with van der Waals surface area (Å²) in [6.45, 7) is 2.28. The van der Waals surface area contributed by atoms with E-state index in [4.69, 9.17) is 24.9 Å². The number of pyridine rings is 2. The van der Waals surface area contributed by atoms with Gasteiger partial charge in [0.2, 0.25) is 0 Å². The number of nitrogens with zero attached hydrogens (tertiary/aromatic N) is 5. The largest absolute Gasteiger partial charge is 0.253 e. The molecule has 0 N–H and O–H groups in total. The van der Waals surface area contributed by atoms with Crippen molar-refractivity contribution in [2.24, 2.45) is 5.92 Å². The van der Waals surface area contributed by atoms with Gasteiger partial charge in [-0.3, -0.25) is 4.98 Å². The minimum absolute atomic E-state index is 0.536. The molecule has 0 fully saturated rings. The molecule has 0 radical (unpaired) electrons. The van der Waals surface area contributed by atoms with Gasteiger partial charge in [-0.25, -0.2) is 19.9 Å².